The molecule has 0 aliphatic heterocycles. The van der Waals surface area contributed by atoms with E-state index in [1.54, 1.807) is 31.8 Å². The van der Waals surface area contributed by atoms with Gasteiger partial charge >= 0.3 is 0 Å². The molecule has 0 atom stereocenters. The number of nitrogens with zero attached hydrogens (tertiary/aromatic N) is 5. The van der Waals surface area contributed by atoms with E-state index in [0.29, 0.717) is 23.6 Å². The summed E-state index contributed by atoms with van der Waals surface area (Å²) in [5, 5.41) is 14.2. The first-order valence-corrected chi connectivity index (χ1v) is 10.7. The van der Waals surface area contributed by atoms with Gasteiger partial charge in [0.2, 0.25) is 5.95 Å². The first-order valence-electron chi connectivity index (χ1n) is 10.7. The maximum absolute atomic E-state index is 6.13. The molecule has 1 saturated carbocycles. The number of methoxy groups -OCH3 is 1. The van der Waals surface area contributed by atoms with Crippen LogP contribution in [0.4, 0.5) is 23.1 Å². The van der Waals surface area contributed by atoms with Crippen LogP contribution in [0.25, 0.3) is 11.0 Å². The number of rotatable bonds is 8. The summed E-state index contributed by atoms with van der Waals surface area (Å²) in [4.78, 5) is 15.4. The molecule has 0 radical (unpaired) electrons. The van der Waals surface area contributed by atoms with E-state index in [9.17, 15) is 0 Å². The molecule has 1 aromatic carbocycles. The van der Waals surface area contributed by atoms with Gasteiger partial charge < -0.3 is 25.0 Å². The van der Waals surface area contributed by atoms with Crippen LogP contribution >= 0.6 is 0 Å². The molecule has 0 bridgehead atoms. The Labute approximate surface area is 191 Å². The number of hydrogen-bond donors (Lipinski definition) is 3. The number of hydrogen-bond acceptors (Lipinski definition) is 9. The largest absolute Gasteiger partial charge is 0.493 e. The van der Waals surface area contributed by atoms with Gasteiger partial charge in [-0.15, -0.1) is 0 Å². The number of nitrogens with one attached hydrogen (secondary N) is 3. The summed E-state index contributed by atoms with van der Waals surface area (Å²) in [7, 11) is 5.84. The lowest BCUT2D eigenvalue weighted by Gasteiger charge is -2.39. The summed E-state index contributed by atoms with van der Waals surface area (Å²) in [5.74, 6) is 2.51. The van der Waals surface area contributed by atoms with E-state index in [0.717, 1.165) is 41.0 Å². The summed E-state index contributed by atoms with van der Waals surface area (Å²) in [5.41, 5.74) is 2.35. The Balaban J connectivity index is 1.26. The lowest BCUT2D eigenvalue weighted by Crippen LogP contribution is -2.46. The van der Waals surface area contributed by atoms with Crippen LogP contribution in [0.1, 0.15) is 12.8 Å². The van der Waals surface area contributed by atoms with Gasteiger partial charge in [-0.2, -0.15) is 10.1 Å². The molecule has 1 aliphatic carbocycles. The molecule has 1 aliphatic rings. The molecular weight excluding hydrogens is 420 g/mol. The first kappa shape index (κ1) is 21.0. The zero-order valence-corrected chi connectivity index (χ0v) is 18.7. The Morgan fingerprint density at radius 1 is 1.00 bits per heavy atom. The highest BCUT2D eigenvalue weighted by Gasteiger charge is 2.32. The van der Waals surface area contributed by atoms with Gasteiger partial charge in [-0.3, -0.25) is 5.10 Å². The summed E-state index contributed by atoms with van der Waals surface area (Å²) in [6.45, 7) is 0. The van der Waals surface area contributed by atoms with Crippen LogP contribution in [0, 0.1) is 0 Å². The minimum absolute atomic E-state index is 0.215. The molecule has 0 saturated heterocycles. The average molecular weight is 447 g/mol. The molecule has 0 spiro atoms. The zero-order valence-electron chi connectivity index (χ0n) is 18.7. The molecule has 10 nitrogen and oxygen atoms in total. The van der Waals surface area contributed by atoms with Gasteiger partial charge in [0, 0.05) is 29.4 Å². The third-order valence-electron chi connectivity index (χ3n) is 5.73. The van der Waals surface area contributed by atoms with Crippen molar-refractivity contribution in [1.29, 1.82) is 0 Å². The fourth-order valence-electron chi connectivity index (χ4n) is 3.75. The second-order valence-corrected chi connectivity index (χ2v) is 8.24. The number of pyridine rings is 1. The maximum atomic E-state index is 6.13. The molecule has 4 aromatic rings. The third-order valence-corrected chi connectivity index (χ3v) is 5.73. The summed E-state index contributed by atoms with van der Waals surface area (Å²) in [6, 6.07) is 10.1. The third kappa shape index (κ3) is 4.65. The van der Waals surface area contributed by atoms with Gasteiger partial charge in [0.15, 0.2) is 17.1 Å². The predicted octanol–water partition coefficient (Wildman–Crippen LogP) is 3.72. The van der Waals surface area contributed by atoms with Crippen LogP contribution < -0.4 is 20.1 Å². The van der Waals surface area contributed by atoms with Crippen molar-refractivity contribution in [2.75, 3.05) is 31.8 Å². The second-order valence-electron chi connectivity index (χ2n) is 8.24. The highest BCUT2D eigenvalue weighted by atomic mass is 16.5. The standard InChI is InChI=1S/C23H26N8O2/c1-31(2)17-10-18(11-17)33-19-5-4-15(9-20(19)32-3)28-23-24-7-6-21(29-23)27-16-8-14-12-26-30-22(14)25-13-16/h4-9,12-13,17-18H,10-11H2,1-3H3,(H,25,26,30)(H2,24,27,28,29). The van der Waals surface area contributed by atoms with E-state index >= 15 is 0 Å². The molecule has 0 amide bonds. The summed E-state index contributed by atoms with van der Waals surface area (Å²) in [6.07, 6.45) is 7.40. The molecule has 170 valence electrons. The van der Waals surface area contributed by atoms with Gasteiger partial charge in [0.25, 0.3) is 0 Å². The highest BCUT2D eigenvalue weighted by Crippen LogP contribution is 2.36. The number of aromatic amines is 1. The molecule has 1 fully saturated rings. The van der Waals surface area contributed by atoms with Crippen molar-refractivity contribution in [3.63, 3.8) is 0 Å². The average Bonchev–Trinajstić information content (AvgIpc) is 3.24. The lowest BCUT2D eigenvalue weighted by molar-refractivity contribution is 0.0383. The molecule has 33 heavy (non-hydrogen) atoms. The van der Waals surface area contributed by atoms with E-state index in [2.05, 4.69) is 54.8 Å². The number of ether oxygens (including phenoxy) is 2. The quantitative estimate of drug-likeness (QED) is 0.373. The smallest absolute Gasteiger partial charge is 0.229 e. The Morgan fingerprint density at radius 2 is 1.88 bits per heavy atom. The van der Waals surface area contributed by atoms with Crippen molar-refractivity contribution in [2.45, 2.75) is 25.0 Å². The zero-order chi connectivity index (χ0) is 22.8. The minimum atomic E-state index is 0.215. The second kappa shape index (κ2) is 8.91. The molecule has 10 heteroatoms. The van der Waals surface area contributed by atoms with Crippen LogP contribution in [0.3, 0.4) is 0 Å². The van der Waals surface area contributed by atoms with E-state index in [4.69, 9.17) is 9.47 Å². The normalized spacial score (nSPS) is 17.6. The van der Waals surface area contributed by atoms with Crippen LogP contribution in [0.15, 0.2) is 48.9 Å². The Morgan fingerprint density at radius 3 is 2.70 bits per heavy atom. The molecular formula is C23H26N8O2. The van der Waals surface area contributed by atoms with Crippen molar-refractivity contribution in [3.05, 3.63) is 48.9 Å². The van der Waals surface area contributed by atoms with Gasteiger partial charge in [0.05, 0.1) is 25.2 Å². The Bertz CT molecular complexity index is 1250. The lowest BCUT2D eigenvalue weighted by atomic mass is 9.88. The summed E-state index contributed by atoms with van der Waals surface area (Å²) >= 11 is 0. The predicted molar refractivity (Wildman–Crippen MR) is 127 cm³/mol. The van der Waals surface area contributed by atoms with E-state index in [1.807, 2.05) is 24.3 Å². The number of aromatic nitrogens is 5. The van der Waals surface area contributed by atoms with Crippen LogP contribution in [0.2, 0.25) is 0 Å². The molecule has 3 aromatic heterocycles. The van der Waals surface area contributed by atoms with Gasteiger partial charge in [-0.05, 0) is 51.2 Å². The monoisotopic (exact) mass is 446 g/mol. The first-order chi connectivity index (χ1) is 16.1. The topological polar surface area (TPSA) is 113 Å². The molecule has 5 rings (SSSR count). The van der Waals surface area contributed by atoms with Gasteiger partial charge in [-0.1, -0.05) is 0 Å². The van der Waals surface area contributed by atoms with Crippen LogP contribution in [-0.2, 0) is 0 Å². The number of benzene rings is 1. The fraction of sp³-hybridized carbons (Fsp3) is 0.304. The molecule has 0 unspecified atom stereocenters. The Kier molecular flexibility index (Phi) is 5.66. The number of H-pyrrole nitrogens is 1. The van der Waals surface area contributed by atoms with Gasteiger partial charge in [-0.25, -0.2) is 9.97 Å². The number of anilines is 4. The molecule has 3 heterocycles. The maximum Gasteiger partial charge on any atom is 0.229 e. The van der Waals surface area contributed by atoms with Crippen molar-refractivity contribution >= 4 is 34.2 Å². The van der Waals surface area contributed by atoms with Crippen molar-refractivity contribution in [1.82, 2.24) is 30.0 Å². The fourth-order valence-corrected chi connectivity index (χ4v) is 3.75. The van der Waals surface area contributed by atoms with Crippen molar-refractivity contribution in [2.24, 2.45) is 0 Å². The van der Waals surface area contributed by atoms with E-state index in [-0.39, 0.29) is 6.10 Å². The summed E-state index contributed by atoms with van der Waals surface area (Å²) < 4.78 is 11.7. The SMILES string of the molecule is COc1cc(Nc2nccc(Nc3cnc4[nH]ncc4c3)n2)ccc1OC1CC(N(C)C)C1. The van der Waals surface area contributed by atoms with E-state index in [1.165, 1.54) is 0 Å². The Hall–Kier alpha value is -3.92. The van der Waals surface area contributed by atoms with E-state index < -0.39 is 0 Å². The highest BCUT2D eigenvalue weighted by molar-refractivity contribution is 5.78. The van der Waals surface area contributed by atoms with Crippen LogP contribution in [0.5, 0.6) is 11.5 Å². The van der Waals surface area contributed by atoms with Crippen molar-refractivity contribution in [3.8, 4) is 11.5 Å². The van der Waals surface area contributed by atoms with Gasteiger partial charge in [0.1, 0.15) is 11.9 Å². The minimum Gasteiger partial charge on any atom is -0.493 e. The number of fused-ring (bicyclic) bond motifs is 1. The van der Waals surface area contributed by atoms with Crippen molar-refractivity contribution < 1.29 is 9.47 Å². The van der Waals surface area contributed by atoms with Crippen LogP contribution in [-0.4, -0.2) is 63.4 Å². The molecule has 3 N–H and O–H groups in total.